The summed E-state index contributed by atoms with van der Waals surface area (Å²) in [5.74, 6) is -0.346. The minimum atomic E-state index is -0.346. The molecule has 0 bridgehead atoms. The molecule has 4 nitrogen and oxygen atoms in total. The molecule has 0 aromatic carbocycles. The van der Waals surface area contributed by atoms with Crippen LogP contribution in [0.15, 0.2) is 0 Å². The van der Waals surface area contributed by atoms with Gasteiger partial charge >= 0.3 is 5.97 Å². The van der Waals surface area contributed by atoms with E-state index in [1.807, 2.05) is 6.92 Å². The molecule has 0 amide bonds. The van der Waals surface area contributed by atoms with E-state index in [1.54, 1.807) is 11.3 Å². The van der Waals surface area contributed by atoms with Crippen LogP contribution in [0.1, 0.15) is 33.2 Å². The van der Waals surface area contributed by atoms with Gasteiger partial charge in [0.25, 0.3) is 0 Å². The lowest BCUT2D eigenvalue weighted by Crippen LogP contribution is -2.15. The standard InChI is InChI=1S/C10H14N2O2S/c1-6-9(10(13)14-2)12-8(15-6)5-11-7-3-4-7/h7,11H,3-5H2,1-2H3. The summed E-state index contributed by atoms with van der Waals surface area (Å²) < 4.78 is 4.65. The molecular weight excluding hydrogens is 212 g/mol. The minimum absolute atomic E-state index is 0.346. The van der Waals surface area contributed by atoms with Crippen molar-refractivity contribution < 1.29 is 9.53 Å². The van der Waals surface area contributed by atoms with Gasteiger partial charge in [-0.2, -0.15) is 0 Å². The van der Waals surface area contributed by atoms with Crippen molar-refractivity contribution in [2.45, 2.75) is 32.4 Å². The highest BCUT2D eigenvalue weighted by Crippen LogP contribution is 2.22. The second-order valence-corrected chi connectivity index (χ2v) is 4.95. The third kappa shape index (κ3) is 2.54. The van der Waals surface area contributed by atoms with Gasteiger partial charge in [0.2, 0.25) is 0 Å². The van der Waals surface area contributed by atoms with E-state index in [0.29, 0.717) is 11.7 Å². The van der Waals surface area contributed by atoms with Crippen molar-refractivity contribution in [1.82, 2.24) is 10.3 Å². The number of hydrogen-bond donors (Lipinski definition) is 1. The van der Waals surface area contributed by atoms with E-state index in [4.69, 9.17) is 0 Å². The van der Waals surface area contributed by atoms with Crippen molar-refractivity contribution in [3.8, 4) is 0 Å². The smallest absolute Gasteiger partial charge is 0.357 e. The molecule has 15 heavy (non-hydrogen) atoms. The zero-order valence-electron chi connectivity index (χ0n) is 8.87. The van der Waals surface area contributed by atoms with Crippen molar-refractivity contribution in [1.29, 1.82) is 0 Å². The lowest BCUT2D eigenvalue weighted by atomic mass is 10.4. The van der Waals surface area contributed by atoms with Gasteiger partial charge in [0.1, 0.15) is 5.01 Å². The maximum absolute atomic E-state index is 11.3. The zero-order chi connectivity index (χ0) is 10.8. The van der Waals surface area contributed by atoms with Crippen molar-refractivity contribution in [3.63, 3.8) is 0 Å². The van der Waals surface area contributed by atoms with Crippen LogP contribution in [-0.2, 0) is 11.3 Å². The van der Waals surface area contributed by atoms with Crippen LogP contribution in [-0.4, -0.2) is 24.1 Å². The summed E-state index contributed by atoms with van der Waals surface area (Å²) in [7, 11) is 1.38. The number of nitrogens with zero attached hydrogens (tertiary/aromatic N) is 1. The normalized spacial score (nSPS) is 15.3. The Hall–Kier alpha value is -0.940. The number of aromatic nitrogens is 1. The van der Waals surface area contributed by atoms with Crippen LogP contribution < -0.4 is 5.32 Å². The van der Waals surface area contributed by atoms with Crippen molar-refractivity contribution in [2.24, 2.45) is 0 Å². The third-order valence-electron chi connectivity index (χ3n) is 2.34. The molecule has 0 radical (unpaired) electrons. The van der Waals surface area contributed by atoms with Crippen LogP contribution in [0.3, 0.4) is 0 Å². The number of nitrogens with one attached hydrogen (secondary N) is 1. The number of carbonyl (C=O) groups is 1. The second kappa shape index (κ2) is 4.28. The van der Waals surface area contributed by atoms with Gasteiger partial charge in [-0.05, 0) is 19.8 Å². The molecule has 1 aromatic rings. The topological polar surface area (TPSA) is 51.2 Å². The number of carbonyl (C=O) groups excluding carboxylic acids is 1. The summed E-state index contributed by atoms with van der Waals surface area (Å²) in [5.41, 5.74) is 0.454. The molecule has 0 spiro atoms. The molecule has 1 N–H and O–H groups in total. The summed E-state index contributed by atoms with van der Waals surface area (Å²) >= 11 is 1.55. The highest BCUT2D eigenvalue weighted by Gasteiger charge is 2.21. The first-order valence-electron chi connectivity index (χ1n) is 4.98. The van der Waals surface area contributed by atoms with Gasteiger partial charge in [-0.1, -0.05) is 0 Å². The van der Waals surface area contributed by atoms with E-state index in [0.717, 1.165) is 16.4 Å². The van der Waals surface area contributed by atoms with Gasteiger partial charge in [0.05, 0.1) is 7.11 Å². The number of hydrogen-bond acceptors (Lipinski definition) is 5. The zero-order valence-corrected chi connectivity index (χ0v) is 9.69. The molecule has 0 aliphatic heterocycles. The Morgan fingerprint density at radius 3 is 3.00 bits per heavy atom. The van der Waals surface area contributed by atoms with Gasteiger partial charge in [-0.25, -0.2) is 9.78 Å². The maximum atomic E-state index is 11.3. The third-order valence-corrected chi connectivity index (χ3v) is 3.31. The molecular formula is C10H14N2O2S. The quantitative estimate of drug-likeness (QED) is 0.790. The SMILES string of the molecule is COC(=O)c1nc(CNC2CC2)sc1C. The molecule has 1 heterocycles. The van der Waals surface area contributed by atoms with E-state index >= 15 is 0 Å². The highest BCUT2D eigenvalue weighted by molar-refractivity contribution is 7.11. The summed E-state index contributed by atoms with van der Waals surface area (Å²) in [5, 5.41) is 4.32. The van der Waals surface area contributed by atoms with Crippen molar-refractivity contribution in [3.05, 3.63) is 15.6 Å². The van der Waals surface area contributed by atoms with Crippen LogP contribution in [0, 0.1) is 6.92 Å². The van der Waals surface area contributed by atoms with E-state index < -0.39 is 0 Å². The molecule has 1 saturated carbocycles. The maximum Gasteiger partial charge on any atom is 0.357 e. The number of methoxy groups -OCH3 is 1. The Bertz CT molecular complexity index is 371. The van der Waals surface area contributed by atoms with Gasteiger partial charge < -0.3 is 10.1 Å². The van der Waals surface area contributed by atoms with E-state index in [9.17, 15) is 4.79 Å². The second-order valence-electron chi connectivity index (χ2n) is 3.66. The van der Waals surface area contributed by atoms with Gasteiger partial charge in [-0.3, -0.25) is 0 Å². The van der Waals surface area contributed by atoms with Crippen molar-refractivity contribution >= 4 is 17.3 Å². The molecule has 2 rings (SSSR count). The first-order chi connectivity index (χ1) is 7.20. The lowest BCUT2D eigenvalue weighted by molar-refractivity contribution is 0.0594. The van der Waals surface area contributed by atoms with Crippen molar-refractivity contribution in [2.75, 3.05) is 7.11 Å². The summed E-state index contributed by atoms with van der Waals surface area (Å²) in [6.45, 7) is 2.65. The molecule has 1 aromatic heterocycles. The van der Waals surface area contributed by atoms with Crippen LogP contribution in [0.4, 0.5) is 0 Å². The predicted molar refractivity (Wildman–Crippen MR) is 58.1 cm³/mol. The Labute approximate surface area is 92.7 Å². The Morgan fingerprint density at radius 1 is 1.67 bits per heavy atom. The molecule has 0 saturated heterocycles. The Morgan fingerprint density at radius 2 is 2.40 bits per heavy atom. The van der Waals surface area contributed by atoms with E-state index in [2.05, 4.69) is 15.0 Å². The van der Waals surface area contributed by atoms with Crippen LogP contribution in [0.2, 0.25) is 0 Å². The Kier molecular flexibility index (Phi) is 3.02. The number of esters is 1. The molecule has 0 atom stereocenters. The van der Waals surface area contributed by atoms with Gasteiger partial charge in [-0.15, -0.1) is 11.3 Å². The van der Waals surface area contributed by atoms with Crippen LogP contribution in [0.5, 0.6) is 0 Å². The molecule has 1 aliphatic rings. The molecule has 82 valence electrons. The van der Waals surface area contributed by atoms with Gasteiger partial charge in [0.15, 0.2) is 5.69 Å². The molecule has 1 fully saturated rings. The number of ether oxygens (including phenoxy) is 1. The molecule has 5 heteroatoms. The van der Waals surface area contributed by atoms with Gasteiger partial charge in [0, 0.05) is 17.5 Å². The number of rotatable bonds is 4. The number of thiazole rings is 1. The monoisotopic (exact) mass is 226 g/mol. The largest absolute Gasteiger partial charge is 0.464 e. The number of aryl methyl sites for hydroxylation is 1. The van der Waals surface area contributed by atoms with E-state index in [1.165, 1.54) is 20.0 Å². The minimum Gasteiger partial charge on any atom is -0.464 e. The van der Waals surface area contributed by atoms with E-state index in [-0.39, 0.29) is 5.97 Å². The van der Waals surface area contributed by atoms with Crippen LogP contribution in [0.25, 0.3) is 0 Å². The Balaban J connectivity index is 2.02. The first-order valence-corrected chi connectivity index (χ1v) is 5.80. The summed E-state index contributed by atoms with van der Waals surface area (Å²) in [4.78, 5) is 16.5. The summed E-state index contributed by atoms with van der Waals surface area (Å²) in [6.07, 6.45) is 2.52. The first kappa shape index (κ1) is 10.6. The molecule has 1 aliphatic carbocycles. The fourth-order valence-electron chi connectivity index (χ4n) is 1.33. The fraction of sp³-hybridized carbons (Fsp3) is 0.600. The average Bonchev–Trinajstić information content (AvgIpc) is 2.98. The average molecular weight is 226 g/mol. The highest BCUT2D eigenvalue weighted by atomic mass is 32.1. The summed E-state index contributed by atoms with van der Waals surface area (Å²) in [6, 6.07) is 0.663. The van der Waals surface area contributed by atoms with Crippen LogP contribution >= 0.6 is 11.3 Å². The predicted octanol–water partition coefficient (Wildman–Crippen LogP) is 1.49. The molecule has 0 unspecified atom stereocenters. The lowest BCUT2D eigenvalue weighted by Gasteiger charge is -1.96. The fourth-order valence-corrected chi connectivity index (χ4v) is 2.20.